The van der Waals surface area contributed by atoms with Gasteiger partial charge in [0.15, 0.2) is 0 Å². The Bertz CT molecular complexity index is 405. The lowest BCUT2D eigenvalue weighted by Crippen LogP contribution is -2.49. The molecular formula is C10H14IN5S. The summed E-state index contributed by atoms with van der Waals surface area (Å²) in [5.41, 5.74) is 5.55. The standard InChI is InChI=1S/C10H14IN5S/c11-8-5-13-7-14-10(8)16-3-1-15(2-4-16)6-9(12)17/h5,7H,1-4,6H2,(H2,12,17). The predicted octanol–water partition coefficient (Wildman–Crippen LogP) is 0.489. The van der Waals surface area contributed by atoms with Crippen molar-refractivity contribution in [2.45, 2.75) is 0 Å². The van der Waals surface area contributed by atoms with Gasteiger partial charge in [-0.15, -0.1) is 0 Å². The second-order valence-electron chi connectivity index (χ2n) is 3.92. The summed E-state index contributed by atoms with van der Waals surface area (Å²) < 4.78 is 1.09. The highest BCUT2D eigenvalue weighted by Gasteiger charge is 2.19. The van der Waals surface area contributed by atoms with Crippen LogP contribution in [0.15, 0.2) is 12.5 Å². The predicted molar refractivity (Wildman–Crippen MR) is 80.2 cm³/mol. The molecule has 1 aliphatic heterocycles. The molecule has 0 unspecified atom stereocenters. The number of nitrogens with two attached hydrogens (primary N) is 1. The molecule has 0 atom stereocenters. The van der Waals surface area contributed by atoms with E-state index < -0.39 is 0 Å². The third kappa shape index (κ3) is 3.46. The number of anilines is 1. The first-order valence-corrected chi connectivity index (χ1v) is 6.86. The topological polar surface area (TPSA) is 58.3 Å². The van der Waals surface area contributed by atoms with Gasteiger partial charge >= 0.3 is 0 Å². The van der Waals surface area contributed by atoms with Crippen LogP contribution >= 0.6 is 34.8 Å². The van der Waals surface area contributed by atoms with E-state index in [4.69, 9.17) is 18.0 Å². The molecule has 0 spiro atoms. The number of halogens is 1. The van der Waals surface area contributed by atoms with E-state index in [1.807, 2.05) is 6.20 Å². The van der Waals surface area contributed by atoms with Gasteiger partial charge in [0.1, 0.15) is 12.1 Å². The van der Waals surface area contributed by atoms with Crippen molar-refractivity contribution in [2.24, 2.45) is 5.73 Å². The molecule has 2 rings (SSSR count). The Morgan fingerprint density at radius 3 is 2.71 bits per heavy atom. The Balaban J connectivity index is 1.95. The summed E-state index contributed by atoms with van der Waals surface area (Å²) in [5, 5.41) is 0. The van der Waals surface area contributed by atoms with E-state index in [2.05, 4.69) is 42.4 Å². The third-order valence-corrected chi connectivity index (χ3v) is 3.59. The van der Waals surface area contributed by atoms with Gasteiger partial charge in [-0.2, -0.15) is 0 Å². The number of nitrogens with zero attached hydrogens (tertiary/aromatic N) is 4. The molecule has 7 heteroatoms. The lowest BCUT2D eigenvalue weighted by molar-refractivity contribution is 0.291. The number of thiocarbonyl (C=S) groups is 1. The average molecular weight is 363 g/mol. The van der Waals surface area contributed by atoms with Crippen molar-refractivity contribution >= 4 is 45.6 Å². The molecule has 17 heavy (non-hydrogen) atoms. The first kappa shape index (κ1) is 12.9. The van der Waals surface area contributed by atoms with E-state index in [-0.39, 0.29) is 0 Å². The van der Waals surface area contributed by atoms with E-state index in [1.54, 1.807) is 6.33 Å². The minimum absolute atomic E-state index is 0.565. The molecule has 1 aromatic rings. The maximum absolute atomic E-state index is 5.55. The van der Waals surface area contributed by atoms with Crippen LogP contribution in [-0.2, 0) is 0 Å². The van der Waals surface area contributed by atoms with Gasteiger partial charge in [-0.05, 0) is 22.6 Å². The number of aromatic nitrogens is 2. The van der Waals surface area contributed by atoms with Crippen molar-refractivity contribution in [2.75, 3.05) is 37.6 Å². The zero-order valence-electron chi connectivity index (χ0n) is 9.34. The quantitative estimate of drug-likeness (QED) is 0.623. The normalized spacial score (nSPS) is 17.1. The number of rotatable bonds is 3. The van der Waals surface area contributed by atoms with E-state index in [9.17, 15) is 0 Å². The number of hydrogen-bond donors (Lipinski definition) is 1. The summed E-state index contributed by atoms with van der Waals surface area (Å²) in [6.07, 6.45) is 3.43. The minimum atomic E-state index is 0.565. The molecule has 5 nitrogen and oxygen atoms in total. The van der Waals surface area contributed by atoms with Crippen molar-refractivity contribution in [1.82, 2.24) is 14.9 Å². The molecule has 1 aliphatic rings. The Morgan fingerprint density at radius 2 is 2.12 bits per heavy atom. The van der Waals surface area contributed by atoms with E-state index >= 15 is 0 Å². The van der Waals surface area contributed by atoms with Crippen LogP contribution in [0, 0.1) is 3.57 Å². The van der Waals surface area contributed by atoms with Gasteiger partial charge < -0.3 is 10.6 Å². The highest BCUT2D eigenvalue weighted by molar-refractivity contribution is 14.1. The molecule has 1 fully saturated rings. The Morgan fingerprint density at radius 1 is 1.41 bits per heavy atom. The molecule has 0 aliphatic carbocycles. The Hall–Kier alpha value is -0.540. The SMILES string of the molecule is NC(=S)CN1CCN(c2ncncc2I)CC1. The minimum Gasteiger partial charge on any atom is -0.392 e. The van der Waals surface area contributed by atoms with Gasteiger partial charge in [0.25, 0.3) is 0 Å². The van der Waals surface area contributed by atoms with Crippen LogP contribution in [0.5, 0.6) is 0 Å². The lowest BCUT2D eigenvalue weighted by atomic mass is 10.3. The van der Waals surface area contributed by atoms with Crippen molar-refractivity contribution < 1.29 is 0 Å². The molecule has 2 heterocycles. The fourth-order valence-electron chi connectivity index (χ4n) is 1.88. The van der Waals surface area contributed by atoms with Gasteiger partial charge in [0.05, 0.1) is 8.56 Å². The van der Waals surface area contributed by atoms with Crippen LogP contribution in [0.2, 0.25) is 0 Å². The van der Waals surface area contributed by atoms with Gasteiger partial charge in [0.2, 0.25) is 0 Å². The van der Waals surface area contributed by atoms with Crippen LogP contribution in [0.3, 0.4) is 0 Å². The second-order valence-corrected chi connectivity index (χ2v) is 5.61. The maximum Gasteiger partial charge on any atom is 0.145 e. The number of hydrogen-bond acceptors (Lipinski definition) is 5. The van der Waals surface area contributed by atoms with E-state index in [1.165, 1.54) is 0 Å². The summed E-state index contributed by atoms with van der Waals surface area (Å²) in [6.45, 7) is 4.56. The summed E-state index contributed by atoms with van der Waals surface area (Å²) in [6, 6.07) is 0. The molecular weight excluding hydrogens is 349 g/mol. The molecule has 2 N–H and O–H groups in total. The lowest BCUT2D eigenvalue weighted by Gasteiger charge is -2.35. The molecule has 0 aromatic carbocycles. The van der Waals surface area contributed by atoms with E-state index in [0.29, 0.717) is 11.5 Å². The monoisotopic (exact) mass is 363 g/mol. The zero-order valence-corrected chi connectivity index (χ0v) is 12.3. The van der Waals surface area contributed by atoms with Gasteiger partial charge in [-0.25, -0.2) is 9.97 Å². The van der Waals surface area contributed by atoms with Crippen LogP contribution < -0.4 is 10.6 Å². The smallest absolute Gasteiger partial charge is 0.145 e. The van der Waals surface area contributed by atoms with Gasteiger partial charge in [-0.3, -0.25) is 4.90 Å². The fraction of sp³-hybridized carbons (Fsp3) is 0.500. The Kier molecular flexibility index (Phi) is 4.46. The van der Waals surface area contributed by atoms with Crippen molar-refractivity contribution in [1.29, 1.82) is 0 Å². The average Bonchev–Trinajstić information content (AvgIpc) is 2.30. The summed E-state index contributed by atoms with van der Waals surface area (Å²) in [7, 11) is 0. The van der Waals surface area contributed by atoms with Crippen molar-refractivity contribution in [3.63, 3.8) is 0 Å². The van der Waals surface area contributed by atoms with E-state index in [0.717, 1.165) is 35.6 Å². The zero-order chi connectivity index (χ0) is 12.3. The first-order valence-electron chi connectivity index (χ1n) is 5.38. The van der Waals surface area contributed by atoms with Gasteiger partial charge in [-0.1, -0.05) is 12.2 Å². The summed E-state index contributed by atoms with van der Waals surface area (Å²) in [4.78, 5) is 13.4. The maximum atomic E-state index is 5.55. The summed E-state index contributed by atoms with van der Waals surface area (Å²) in [5.74, 6) is 1.02. The van der Waals surface area contributed by atoms with Crippen LogP contribution in [-0.4, -0.2) is 52.6 Å². The largest absolute Gasteiger partial charge is 0.392 e. The molecule has 0 amide bonds. The molecule has 1 aromatic heterocycles. The molecule has 92 valence electrons. The van der Waals surface area contributed by atoms with Crippen molar-refractivity contribution in [3.05, 3.63) is 16.1 Å². The van der Waals surface area contributed by atoms with Crippen LogP contribution in [0.4, 0.5) is 5.82 Å². The van der Waals surface area contributed by atoms with Crippen molar-refractivity contribution in [3.8, 4) is 0 Å². The molecule has 0 saturated carbocycles. The number of piperazine rings is 1. The fourth-order valence-corrected chi connectivity index (χ4v) is 2.70. The molecule has 1 saturated heterocycles. The summed E-state index contributed by atoms with van der Waals surface area (Å²) >= 11 is 7.19. The first-order chi connectivity index (χ1) is 8.16. The highest BCUT2D eigenvalue weighted by Crippen LogP contribution is 2.19. The van der Waals surface area contributed by atoms with Gasteiger partial charge in [0, 0.05) is 38.9 Å². The second kappa shape index (κ2) is 5.87. The third-order valence-electron chi connectivity index (χ3n) is 2.70. The van der Waals surface area contributed by atoms with Crippen LogP contribution in [0.1, 0.15) is 0 Å². The highest BCUT2D eigenvalue weighted by atomic mass is 127. The molecule has 0 radical (unpaired) electrons. The van der Waals surface area contributed by atoms with Crippen LogP contribution in [0.25, 0.3) is 0 Å². The Labute approximate surface area is 120 Å². The molecule has 0 bridgehead atoms.